The number of hydrogen-bond donors (Lipinski definition) is 1. The molecule has 0 amide bonds. The summed E-state index contributed by atoms with van der Waals surface area (Å²) in [4.78, 5) is 0. The van der Waals surface area contributed by atoms with Crippen LogP contribution in [0, 0.1) is 11.7 Å². The van der Waals surface area contributed by atoms with Crippen molar-refractivity contribution in [3.8, 4) is 0 Å². The highest BCUT2D eigenvalue weighted by atomic mass is 19.4. The van der Waals surface area contributed by atoms with Crippen molar-refractivity contribution in [2.24, 2.45) is 5.92 Å². The minimum atomic E-state index is -5.46. The average Bonchev–Trinajstić information content (AvgIpc) is 2.25. The van der Waals surface area contributed by atoms with Gasteiger partial charge in [0, 0.05) is 0 Å². The number of alkyl halides is 6. The van der Waals surface area contributed by atoms with Gasteiger partial charge in [0.15, 0.2) is 5.92 Å². The Kier molecular flexibility index (Phi) is 5.01. The molecule has 0 aliphatic heterocycles. The van der Waals surface area contributed by atoms with Gasteiger partial charge in [-0.25, -0.2) is 4.39 Å². The van der Waals surface area contributed by atoms with Crippen molar-refractivity contribution in [2.45, 2.75) is 25.3 Å². The molecule has 1 atom stereocenters. The van der Waals surface area contributed by atoms with Gasteiger partial charge in [0.25, 0.3) is 0 Å². The second-order valence-corrected chi connectivity index (χ2v) is 4.15. The van der Waals surface area contributed by atoms with Gasteiger partial charge in [-0.2, -0.15) is 26.3 Å². The summed E-state index contributed by atoms with van der Waals surface area (Å²) in [7, 11) is 0. The molecule has 1 aromatic carbocycles. The summed E-state index contributed by atoms with van der Waals surface area (Å²) >= 11 is 0. The zero-order chi connectivity index (χ0) is 15.6. The fourth-order valence-corrected chi connectivity index (χ4v) is 1.88. The molecule has 20 heavy (non-hydrogen) atoms. The van der Waals surface area contributed by atoms with Gasteiger partial charge in [0.1, 0.15) is 5.82 Å². The second kappa shape index (κ2) is 5.99. The van der Waals surface area contributed by atoms with E-state index in [1.165, 1.54) is 6.92 Å². The van der Waals surface area contributed by atoms with Crippen molar-refractivity contribution < 1.29 is 30.7 Å². The van der Waals surface area contributed by atoms with Gasteiger partial charge in [0.2, 0.25) is 0 Å². The van der Waals surface area contributed by atoms with E-state index < -0.39 is 30.1 Å². The van der Waals surface area contributed by atoms with E-state index in [0.717, 1.165) is 24.3 Å². The first-order valence-corrected chi connectivity index (χ1v) is 5.69. The molecule has 0 aromatic heterocycles. The smallest absolute Gasteiger partial charge is 0.309 e. The van der Waals surface area contributed by atoms with E-state index in [4.69, 9.17) is 0 Å². The average molecular weight is 303 g/mol. The number of halogens is 7. The molecule has 114 valence electrons. The van der Waals surface area contributed by atoms with E-state index >= 15 is 0 Å². The van der Waals surface area contributed by atoms with Gasteiger partial charge in [-0.15, -0.1) is 0 Å². The van der Waals surface area contributed by atoms with Crippen LogP contribution in [0.3, 0.4) is 0 Å². The molecule has 1 rings (SSSR count). The SMILES string of the molecule is CCNC(c1ccc(F)cc1)C(C(F)(F)F)C(F)(F)F. The Morgan fingerprint density at radius 3 is 1.75 bits per heavy atom. The van der Waals surface area contributed by atoms with Crippen LogP contribution in [0.25, 0.3) is 0 Å². The highest BCUT2D eigenvalue weighted by Gasteiger charge is 2.60. The molecule has 1 unspecified atom stereocenters. The number of nitrogens with one attached hydrogen (secondary N) is 1. The summed E-state index contributed by atoms with van der Waals surface area (Å²) in [6.07, 6.45) is -10.9. The van der Waals surface area contributed by atoms with Crippen LogP contribution in [0.1, 0.15) is 18.5 Å². The highest BCUT2D eigenvalue weighted by molar-refractivity contribution is 5.21. The maximum atomic E-state index is 12.7. The van der Waals surface area contributed by atoms with Crippen molar-refractivity contribution >= 4 is 0 Å². The standard InChI is InChI=1S/C12H12F7N/c1-2-20-9(7-3-5-8(13)6-4-7)10(11(14,15)16)12(17,18)19/h3-6,9-10,20H,2H2,1H3. The van der Waals surface area contributed by atoms with Crippen molar-refractivity contribution in [1.82, 2.24) is 5.32 Å². The van der Waals surface area contributed by atoms with Crippen molar-refractivity contribution in [1.29, 1.82) is 0 Å². The van der Waals surface area contributed by atoms with E-state index in [1.807, 2.05) is 0 Å². The molecule has 0 saturated carbocycles. The van der Waals surface area contributed by atoms with Crippen LogP contribution in [-0.4, -0.2) is 18.9 Å². The monoisotopic (exact) mass is 303 g/mol. The number of rotatable bonds is 4. The molecule has 0 bridgehead atoms. The second-order valence-electron chi connectivity index (χ2n) is 4.15. The van der Waals surface area contributed by atoms with Gasteiger partial charge in [0.05, 0.1) is 6.04 Å². The normalized spacial score (nSPS) is 14.7. The fraction of sp³-hybridized carbons (Fsp3) is 0.500. The molecular weight excluding hydrogens is 291 g/mol. The minimum Gasteiger partial charge on any atom is -0.309 e. The van der Waals surface area contributed by atoms with Gasteiger partial charge >= 0.3 is 12.4 Å². The zero-order valence-electron chi connectivity index (χ0n) is 10.3. The third-order valence-corrected chi connectivity index (χ3v) is 2.69. The van der Waals surface area contributed by atoms with E-state index in [0.29, 0.717) is 0 Å². The quantitative estimate of drug-likeness (QED) is 0.821. The maximum absolute atomic E-state index is 12.7. The van der Waals surface area contributed by atoms with Gasteiger partial charge in [-0.1, -0.05) is 19.1 Å². The number of benzene rings is 1. The van der Waals surface area contributed by atoms with Crippen LogP contribution in [0.2, 0.25) is 0 Å². The molecule has 0 aliphatic rings. The molecule has 0 radical (unpaired) electrons. The summed E-state index contributed by atoms with van der Waals surface area (Å²) < 4.78 is 89.1. The van der Waals surface area contributed by atoms with Gasteiger partial charge < -0.3 is 5.32 Å². The summed E-state index contributed by atoms with van der Waals surface area (Å²) in [5, 5.41) is 2.17. The Labute approximate surface area is 110 Å². The van der Waals surface area contributed by atoms with E-state index in [1.54, 1.807) is 0 Å². The van der Waals surface area contributed by atoms with Crippen molar-refractivity contribution in [2.75, 3.05) is 6.54 Å². The summed E-state index contributed by atoms with van der Waals surface area (Å²) in [6, 6.07) is 1.45. The molecule has 1 N–H and O–H groups in total. The lowest BCUT2D eigenvalue weighted by molar-refractivity contribution is -0.292. The first-order valence-electron chi connectivity index (χ1n) is 5.69. The molecular formula is C12H12F7N. The Bertz CT molecular complexity index is 407. The predicted octanol–water partition coefficient (Wildman–Crippen LogP) is 4.22. The minimum absolute atomic E-state index is 0.0926. The molecule has 1 nitrogen and oxygen atoms in total. The van der Waals surface area contributed by atoms with Gasteiger partial charge in [-0.05, 0) is 24.2 Å². The maximum Gasteiger partial charge on any atom is 0.402 e. The Morgan fingerprint density at radius 1 is 0.950 bits per heavy atom. The lowest BCUT2D eigenvalue weighted by atomic mass is 9.91. The summed E-state index contributed by atoms with van der Waals surface area (Å²) in [6.45, 7) is 1.30. The molecule has 0 saturated heterocycles. The van der Waals surface area contributed by atoms with Crippen molar-refractivity contribution in [3.05, 3.63) is 35.6 Å². The van der Waals surface area contributed by atoms with E-state index in [-0.39, 0.29) is 12.1 Å². The van der Waals surface area contributed by atoms with Gasteiger partial charge in [-0.3, -0.25) is 0 Å². The zero-order valence-corrected chi connectivity index (χ0v) is 10.3. The van der Waals surface area contributed by atoms with Crippen LogP contribution in [0.5, 0.6) is 0 Å². The Hall–Kier alpha value is -1.31. The molecule has 1 aromatic rings. The Morgan fingerprint density at radius 2 is 1.40 bits per heavy atom. The summed E-state index contributed by atoms with van der Waals surface area (Å²) in [5.74, 6) is -4.29. The highest BCUT2D eigenvalue weighted by Crippen LogP contribution is 2.46. The van der Waals surface area contributed by atoms with Crippen molar-refractivity contribution in [3.63, 3.8) is 0 Å². The predicted molar refractivity (Wildman–Crippen MR) is 58.4 cm³/mol. The first-order chi connectivity index (χ1) is 9.07. The molecule has 0 heterocycles. The molecule has 0 aliphatic carbocycles. The molecule has 0 spiro atoms. The fourth-order valence-electron chi connectivity index (χ4n) is 1.88. The van der Waals surface area contributed by atoms with Crippen LogP contribution in [0.15, 0.2) is 24.3 Å². The lowest BCUT2D eigenvalue weighted by Gasteiger charge is -2.31. The molecule has 0 fully saturated rings. The van der Waals surface area contributed by atoms with Crippen LogP contribution < -0.4 is 5.32 Å². The van der Waals surface area contributed by atoms with Crippen LogP contribution in [-0.2, 0) is 0 Å². The van der Waals surface area contributed by atoms with Crippen LogP contribution >= 0.6 is 0 Å². The third kappa shape index (κ3) is 4.09. The lowest BCUT2D eigenvalue weighted by Crippen LogP contribution is -2.45. The van der Waals surface area contributed by atoms with Crippen LogP contribution in [0.4, 0.5) is 30.7 Å². The largest absolute Gasteiger partial charge is 0.402 e. The van der Waals surface area contributed by atoms with E-state index in [2.05, 4.69) is 5.32 Å². The topological polar surface area (TPSA) is 12.0 Å². The molecule has 8 heteroatoms. The first kappa shape index (κ1) is 16.7. The third-order valence-electron chi connectivity index (χ3n) is 2.69. The Balaban J connectivity index is 3.24. The summed E-state index contributed by atoms with van der Waals surface area (Å²) in [5.41, 5.74) is -0.270. The number of hydrogen-bond acceptors (Lipinski definition) is 1. The van der Waals surface area contributed by atoms with E-state index in [9.17, 15) is 30.7 Å².